The number of halogens is 1. The number of nitrogens with zero attached hydrogens (tertiary/aromatic N) is 5. The Hall–Kier alpha value is -1.16. The van der Waals surface area contributed by atoms with E-state index in [1.807, 2.05) is 12.5 Å². The monoisotopic (exact) mass is 502 g/mol. The molecule has 0 aromatic carbocycles. The van der Waals surface area contributed by atoms with E-state index in [0.29, 0.717) is 24.4 Å². The zero-order valence-electron chi connectivity index (χ0n) is 16.6. The third-order valence-electron chi connectivity index (χ3n) is 4.92. The molecule has 0 saturated carbocycles. The lowest BCUT2D eigenvalue weighted by Crippen LogP contribution is -2.49. The highest BCUT2D eigenvalue weighted by Gasteiger charge is 2.28. The summed E-state index contributed by atoms with van der Waals surface area (Å²) in [4.78, 5) is 16.2. The summed E-state index contributed by atoms with van der Waals surface area (Å²) in [7, 11) is 0. The van der Waals surface area contributed by atoms with E-state index in [1.54, 1.807) is 11.3 Å². The van der Waals surface area contributed by atoms with E-state index >= 15 is 0 Å². The van der Waals surface area contributed by atoms with Gasteiger partial charge in [-0.05, 0) is 19.3 Å². The number of aromatic nitrogens is 3. The third kappa shape index (κ3) is 5.66. The average molecular weight is 502 g/mol. The van der Waals surface area contributed by atoms with Gasteiger partial charge in [0, 0.05) is 43.3 Å². The molecule has 0 spiro atoms. The van der Waals surface area contributed by atoms with E-state index in [0.717, 1.165) is 37.7 Å². The van der Waals surface area contributed by atoms with Gasteiger partial charge in [-0.1, -0.05) is 20.8 Å². The van der Waals surface area contributed by atoms with Crippen molar-refractivity contribution in [1.29, 1.82) is 0 Å². The minimum atomic E-state index is 0. The Morgan fingerprint density at radius 1 is 1.44 bits per heavy atom. The van der Waals surface area contributed by atoms with Crippen LogP contribution in [-0.2, 0) is 6.54 Å². The Kier molecular flexibility index (Phi) is 8.53. The van der Waals surface area contributed by atoms with Gasteiger partial charge in [0.15, 0.2) is 5.96 Å². The Bertz CT molecular complexity index is 712. The highest BCUT2D eigenvalue weighted by molar-refractivity contribution is 14.0. The molecule has 2 aromatic rings. The fraction of sp³-hybridized carbons (Fsp3) is 0.632. The van der Waals surface area contributed by atoms with Crippen LogP contribution in [0, 0.1) is 5.92 Å². The predicted octanol–water partition coefficient (Wildman–Crippen LogP) is 4.13. The first kappa shape index (κ1) is 22.1. The number of hydrogen-bond acceptors (Lipinski definition) is 4. The maximum Gasteiger partial charge on any atom is 0.194 e. The quantitative estimate of drug-likeness (QED) is 0.380. The van der Waals surface area contributed by atoms with Crippen LogP contribution in [0.15, 0.2) is 29.1 Å². The Labute approximate surface area is 183 Å². The molecule has 1 aliphatic rings. The number of nitrogens with one attached hydrogen (secondary N) is 1. The van der Waals surface area contributed by atoms with Gasteiger partial charge < -0.3 is 14.8 Å². The standard InChI is InChI=1S/C19H30N6S.HI/c1-5-21-19(22-10-16-12-26-18(23-16)14(2)3)24-8-6-15(4)17(11-24)25-9-7-20-13-25;/h7,9,12-15,17H,5-6,8,10-11H2,1-4H3,(H,21,22);1H. The van der Waals surface area contributed by atoms with Gasteiger partial charge in [0.1, 0.15) is 0 Å². The molecule has 1 N–H and O–H groups in total. The second-order valence-corrected chi connectivity index (χ2v) is 8.18. The first-order chi connectivity index (χ1) is 12.6. The molecule has 1 saturated heterocycles. The van der Waals surface area contributed by atoms with Gasteiger partial charge >= 0.3 is 0 Å². The van der Waals surface area contributed by atoms with Crippen LogP contribution in [0.5, 0.6) is 0 Å². The lowest BCUT2D eigenvalue weighted by atomic mass is 9.93. The lowest BCUT2D eigenvalue weighted by molar-refractivity contribution is 0.189. The molecule has 150 valence electrons. The SMILES string of the molecule is CCNC(=NCc1csc(C(C)C)n1)N1CCC(C)C(n2ccnc2)C1.I. The molecule has 27 heavy (non-hydrogen) atoms. The maximum absolute atomic E-state index is 4.87. The van der Waals surface area contributed by atoms with Crippen molar-refractivity contribution >= 4 is 41.3 Å². The van der Waals surface area contributed by atoms with E-state index in [2.05, 4.69) is 59.0 Å². The van der Waals surface area contributed by atoms with E-state index in [9.17, 15) is 0 Å². The number of guanidine groups is 1. The molecule has 6 nitrogen and oxygen atoms in total. The summed E-state index contributed by atoms with van der Waals surface area (Å²) in [6, 6.07) is 0.432. The Morgan fingerprint density at radius 3 is 2.89 bits per heavy atom. The lowest BCUT2D eigenvalue weighted by Gasteiger charge is -2.39. The molecule has 0 bridgehead atoms. The Morgan fingerprint density at radius 2 is 2.26 bits per heavy atom. The predicted molar refractivity (Wildman–Crippen MR) is 123 cm³/mol. The topological polar surface area (TPSA) is 58.3 Å². The largest absolute Gasteiger partial charge is 0.357 e. The second-order valence-electron chi connectivity index (χ2n) is 7.29. The fourth-order valence-electron chi connectivity index (χ4n) is 3.34. The molecular formula is C19H31IN6S. The van der Waals surface area contributed by atoms with Crippen molar-refractivity contribution in [2.24, 2.45) is 10.9 Å². The highest BCUT2D eigenvalue weighted by atomic mass is 127. The van der Waals surface area contributed by atoms with Gasteiger partial charge in [-0.3, -0.25) is 0 Å². The molecular weight excluding hydrogens is 471 g/mol. The zero-order chi connectivity index (χ0) is 18.5. The zero-order valence-corrected chi connectivity index (χ0v) is 19.8. The second kappa shape index (κ2) is 10.4. The number of rotatable bonds is 5. The molecule has 2 atom stereocenters. The minimum Gasteiger partial charge on any atom is -0.357 e. The van der Waals surface area contributed by atoms with Gasteiger partial charge in [0.25, 0.3) is 0 Å². The van der Waals surface area contributed by atoms with Crippen LogP contribution in [0.3, 0.4) is 0 Å². The third-order valence-corrected chi connectivity index (χ3v) is 6.11. The molecule has 8 heteroatoms. The van der Waals surface area contributed by atoms with Crippen LogP contribution in [0.2, 0.25) is 0 Å². The van der Waals surface area contributed by atoms with Crippen LogP contribution in [0.4, 0.5) is 0 Å². The molecule has 0 radical (unpaired) electrons. The van der Waals surface area contributed by atoms with Gasteiger partial charge in [0.2, 0.25) is 0 Å². The number of aliphatic imine (C=N–C) groups is 1. The van der Waals surface area contributed by atoms with Gasteiger partial charge in [-0.15, -0.1) is 35.3 Å². The van der Waals surface area contributed by atoms with Crippen molar-refractivity contribution in [3.63, 3.8) is 0 Å². The van der Waals surface area contributed by atoms with E-state index in [1.165, 1.54) is 5.01 Å². The fourth-order valence-corrected chi connectivity index (χ4v) is 4.16. The van der Waals surface area contributed by atoms with Crippen LogP contribution >= 0.6 is 35.3 Å². The number of piperidine rings is 1. The number of imidazole rings is 1. The van der Waals surface area contributed by atoms with Crippen molar-refractivity contribution in [1.82, 2.24) is 24.8 Å². The molecule has 0 aliphatic carbocycles. The molecule has 2 aromatic heterocycles. The van der Waals surface area contributed by atoms with E-state index in [-0.39, 0.29) is 24.0 Å². The van der Waals surface area contributed by atoms with Crippen molar-refractivity contribution in [2.75, 3.05) is 19.6 Å². The summed E-state index contributed by atoms with van der Waals surface area (Å²) in [5, 5.41) is 6.78. The van der Waals surface area contributed by atoms with E-state index in [4.69, 9.17) is 9.98 Å². The van der Waals surface area contributed by atoms with Crippen LogP contribution in [0.1, 0.15) is 56.8 Å². The first-order valence-electron chi connectivity index (χ1n) is 9.53. The summed E-state index contributed by atoms with van der Waals surface area (Å²) in [5.74, 6) is 2.10. The maximum atomic E-state index is 4.87. The molecule has 2 unspecified atom stereocenters. The molecule has 3 rings (SSSR count). The van der Waals surface area contributed by atoms with Gasteiger partial charge in [0.05, 0.1) is 29.6 Å². The Balaban J connectivity index is 0.00000261. The summed E-state index contributed by atoms with van der Waals surface area (Å²) in [5.41, 5.74) is 1.06. The first-order valence-corrected chi connectivity index (χ1v) is 10.4. The summed E-state index contributed by atoms with van der Waals surface area (Å²) >= 11 is 1.73. The normalized spacial score (nSPS) is 20.6. The number of likely N-dealkylation sites (tertiary alicyclic amines) is 1. The van der Waals surface area contributed by atoms with Crippen LogP contribution < -0.4 is 5.32 Å². The molecule has 3 heterocycles. The summed E-state index contributed by atoms with van der Waals surface area (Å²) in [6.45, 7) is 12.3. The molecule has 1 aliphatic heterocycles. The molecule has 0 amide bonds. The van der Waals surface area contributed by atoms with Crippen LogP contribution in [-0.4, -0.2) is 45.0 Å². The number of thiazole rings is 1. The smallest absolute Gasteiger partial charge is 0.194 e. The minimum absolute atomic E-state index is 0. The van der Waals surface area contributed by atoms with Crippen LogP contribution in [0.25, 0.3) is 0 Å². The average Bonchev–Trinajstić information content (AvgIpc) is 3.31. The van der Waals surface area contributed by atoms with Crippen molar-refractivity contribution in [3.8, 4) is 0 Å². The van der Waals surface area contributed by atoms with Crippen molar-refractivity contribution in [2.45, 2.75) is 52.6 Å². The van der Waals surface area contributed by atoms with Crippen molar-refractivity contribution in [3.05, 3.63) is 34.8 Å². The summed E-state index contributed by atoms with van der Waals surface area (Å²) < 4.78 is 2.23. The van der Waals surface area contributed by atoms with E-state index < -0.39 is 0 Å². The van der Waals surface area contributed by atoms with Gasteiger partial charge in [-0.2, -0.15) is 0 Å². The van der Waals surface area contributed by atoms with Gasteiger partial charge in [-0.25, -0.2) is 15.0 Å². The summed E-state index contributed by atoms with van der Waals surface area (Å²) in [6.07, 6.45) is 7.01. The molecule has 1 fully saturated rings. The highest BCUT2D eigenvalue weighted by Crippen LogP contribution is 2.27. The number of hydrogen-bond donors (Lipinski definition) is 1. The van der Waals surface area contributed by atoms with Crippen molar-refractivity contribution < 1.29 is 0 Å².